The number of likely N-dealkylation sites (N-methyl/N-ethyl adjacent to an activating group) is 1. The van der Waals surface area contributed by atoms with Gasteiger partial charge in [-0.3, -0.25) is 4.79 Å². The van der Waals surface area contributed by atoms with Crippen LogP contribution in [-0.4, -0.2) is 49.7 Å². The number of likely N-dealkylation sites (tertiary alicyclic amines) is 1. The van der Waals surface area contributed by atoms with Gasteiger partial charge in [0.15, 0.2) is 0 Å². The van der Waals surface area contributed by atoms with Crippen molar-refractivity contribution in [2.75, 3.05) is 26.7 Å². The molecule has 130 valence electrons. The van der Waals surface area contributed by atoms with Gasteiger partial charge in [-0.05, 0) is 38.1 Å². The highest BCUT2D eigenvalue weighted by atomic mass is 16.5. The summed E-state index contributed by atoms with van der Waals surface area (Å²) in [6.07, 6.45) is 3.07. The standard InChI is InChI=1S/C19H26N2O3/c1-4-13-6-7-17-15(8-13)14(12-24-17)9-19(22)20-16-10-21(3)11-18(16)23-5-2/h6-8,12,16,18H,4-5,9-11H2,1-3H3,(H,20,22)/t16-,18-/m1/s1. The number of carbonyl (C=O) groups is 1. The number of nitrogens with zero attached hydrogens (tertiary/aromatic N) is 1. The van der Waals surface area contributed by atoms with E-state index in [4.69, 9.17) is 9.15 Å². The lowest BCUT2D eigenvalue weighted by Gasteiger charge is -2.19. The van der Waals surface area contributed by atoms with Crippen molar-refractivity contribution in [2.24, 2.45) is 0 Å². The Bertz CT molecular complexity index is 710. The Hall–Kier alpha value is -1.85. The Morgan fingerprint density at radius 1 is 1.38 bits per heavy atom. The molecule has 1 aromatic heterocycles. The van der Waals surface area contributed by atoms with Crippen molar-refractivity contribution in [3.63, 3.8) is 0 Å². The van der Waals surface area contributed by atoms with Gasteiger partial charge >= 0.3 is 0 Å². The molecule has 0 aliphatic carbocycles. The number of rotatable bonds is 6. The molecule has 24 heavy (non-hydrogen) atoms. The first-order valence-electron chi connectivity index (χ1n) is 8.69. The van der Waals surface area contributed by atoms with E-state index < -0.39 is 0 Å². The molecule has 0 bridgehead atoms. The van der Waals surface area contributed by atoms with Gasteiger partial charge in [-0.25, -0.2) is 0 Å². The van der Waals surface area contributed by atoms with E-state index in [1.54, 1.807) is 6.26 Å². The largest absolute Gasteiger partial charge is 0.464 e. The summed E-state index contributed by atoms with van der Waals surface area (Å²) < 4.78 is 11.3. The lowest BCUT2D eigenvalue weighted by Crippen LogP contribution is -2.44. The fraction of sp³-hybridized carbons (Fsp3) is 0.526. The highest BCUT2D eigenvalue weighted by molar-refractivity contribution is 5.88. The maximum atomic E-state index is 12.5. The number of furan rings is 1. The molecule has 1 amide bonds. The average Bonchev–Trinajstić information content (AvgIpc) is 3.11. The number of hydrogen-bond acceptors (Lipinski definition) is 4. The molecule has 3 rings (SSSR count). The molecule has 0 spiro atoms. The Morgan fingerprint density at radius 2 is 2.21 bits per heavy atom. The Kier molecular flexibility index (Phi) is 5.21. The molecule has 2 atom stereocenters. The zero-order valence-corrected chi connectivity index (χ0v) is 14.7. The highest BCUT2D eigenvalue weighted by Gasteiger charge is 2.32. The molecule has 1 saturated heterocycles. The van der Waals surface area contributed by atoms with Gasteiger partial charge in [-0.1, -0.05) is 13.0 Å². The number of amides is 1. The fourth-order valence-corrected chi connectivity index (χ4v) is 3.40. The maximum Gasteiger partial charge on any atom is 0.224 e. The number of hydrogen-bond donors (Lipinski definition) is 1. The average molecular weight is 330 g/mol. The molecule has 1 aliphatic rings. The van der Waals surface area contributed by atoms with Crippen LogP contribution < -0.4 is 5.32 Å². The molecule has 1 aromatic carbocycles. The van der Waals surface area contributed by atoms with Crippen LogP contribution in [0.2, 0.25) is 0 Å². The van der Waals surface area contributed by atoms with E-state index in [0.29, 0.717) is 13.0 Å². The zero-order chi connectivity index (χ0) is 17.1. The van der Waals surface area contributed by atoms with E-state index >= 15 is 0 Å². The van der Waals surface area contributed by atoms with E-state index in [1.807, 2.05) is 20.0 Å². The molecule has 0 saturated carbocycles. The lowest BCUT2D eigenvalue weighted by molar-refractivity contribution is -0.121. The van der Waals surface area contributed by atoms with Crippen molar-refractivity contribution < 1.29 is 13.9 Å². The quantitative estimate of drug-likeness (QED) is 0.883. The van der Waals surface area contributed by atoms with Crippen molar-refractivity contribution in [2.45, 2.75) is 38.8 Å². The van der Waals surface area contributed by atoms with Crippen molar-refractivity contribution >= 4 is 16.9 Å². The van der Waals surface area contributed by atoms with Crippen LogP contribution in [0.15, 0.2) is 28.9 Å². The van der Waals surface area contributed by atoms with E-state index in [0.717, 1.165) is 36.0 Å². The Labute approximate surface area is 143 Å². The Balaban J connectivity index is 1.68. The number of ether oxygens (including phenoxy) is 1. The number of benzene rings is 1. The molecule has 1 N–H and O–H groups in total. The van der Waals surface area contributed by atoms with Crippen molar-refractivity contribution in [1.29, 1.82) is 0 Å². The van der Waals surface area contributed by atoms with Gasteiger partial charge in [0.05, 0.1) is 24.8 Å². The molecule has 0 unspecified atom stereocenters. The first-order valence-corrected chi connectivity index (χ1v) is 8.69. The second-order valence-corrected chi connectivity index (χ2v) is 6.51. The summed E-state index contributed by atoms with van der Waals surface area (Å²) in [7, 11) is 2.05. The molecular formula is C19H26N2O3. The topological polar surface area (TPSA) is 54.7 Å². The summed E-state index contributed by atoms with van der Waals surface area (Å²) in [4.78, 5) is 14.7. The summed E-state index contributed by atoms with van der Waals surface area (Å²) in [5.41, 5.74) is 3.03. The maximum absolute atomic E-state index is 12.5. The van der Waals surface area contributed by atoms with Crippen LogP contribution in [0.3, 0.4) is 0 Å². The van der Waals surface area contributed by atoms with Crippen LogP contribution in [0, 0.1) is 0 Å². The van der Waals surface area contributed by atoms with E-state index in [-0.39, 0.29) is 18.1 Å². The summed E-state index contributed by atoms with van der Waals surface area (Å²) >= 11 is 0. The van der Waals surface area contributed by atoms with Gasteiger partial charge in [-0.2, -0.15) is 0 Å². The molecular weight excluding hydrogens is 304 g/mol. The van der Waals surface area contributed by atoms with Crippen LogP contribution in [-0.2, 0) is 22.4 Å². The normalized spacial score (nSPS) is 21.5. The fourth-order valence-electron chi connectivity index (χ4n) is 3.40. The minimum atomic E-state index is 0.0182. The monoisotopic (exact) mass is 330 g/mol. The van der Waals surface area contributed by atoms with Crippen molar-refractivity contribution in [3.8, 4) is 0 Å². The third kappa shape index (κ3) is 3.62. The minimum Gasteiger partial charge on any atom is -0.464 e. The number of nitrogens with one attached hydrogen (secondary N) is 1. The highest BCUT2D eigenvalue weighted by Crippen LogP contribution is 2.23. The Morgan fingerprint density at radius 3 is 2.96 bits per heavy atom. The SMILES string of the molecule is CCO[C@@H]1CN(C)C[C@H]1NC(=O)Cc1coc2ccc(CC)cc12. The smallest absolute Gasteiger partial charge is 0.224 e. The van der Waals surface area contributed by atoms with Crippen molar-refractivity contribution in [3.05, 3.63) is 35.6 Å². The van der Waals surface area contributed by atoms with Gasteiger partial charge in [0.25, 0.3) is 0 Å². The van der Waals surface area contributed by atoms with Crippen LogP contribution in [0.1, 0.15) is 25.0 Å². The second-order valence-electron chi connectivity index (χ2n) is 6.51. The summed E-state index contributed by atoms with van der Waals surface area (Å²) in [6.45, 7) is 6.45. The second kappa shape index (κ2) is 7.36. The van der Waals surface area contributed by atoms with Gasteiger partial charge in [0.2, 0.25) is 5.91 Å². The van der Waals surface area contributed by atoms with Gasteiger partial charge in [-0.15, -0.1) is 0 Å². The lowest BCUT2D eigenvalue weighted by atomic mass is 10.1. The molecule has 2 heterocycles. The molecule has 2 aromatic rings. The molecule has 0 radical (unpaired) electrons. The summed E-state index contributed by atoms with van der Waals surface area (Å²) in [6, 6.07) is 6.21. The number of carbonyl (C=O) groups excluding carboxylic acids is 1. The van der Waals surface area contributed by atoms with Crippen LogP contribution >= 0.6 is 0 Å². The van der Waals surface area contributed by atoms with Crippen LogP contribution in [0.25, 0.3) is 11.0 Å². The molecule has 1 fully saturated rings. The van der Waals surface area contributed by atoms with Gasteiger partial charge < -0.3 is 19.4 Å². The van der Waals surface area contributed by atoms with Crippen molar-refractivity contribution in [1.82, 2.24) is 10.2 Å². The van der Waals surface area contributed by atoms with Gasteiger partial charge in [0, 0.05) is 30.6 Å². The predicted octanol–water partition coefficient (Wildman–Crippen LogP) is 2.37. The summed E-state index contributed by atoms with van der Waals surface area (Å²) in [5.74, 6) is 0.0182. The van der Waals surface area contributed by atoms with E-state index in [9.17, 15) is 4.79 Å². The minimum absolute atomic E-state index is 0.0182. The molecule has 5 nitrogen and oxygen atoms in total. The van der Waals surface area contributed by atoms with Gasteiger partial charge in [0.1, 0.15) is 5.58 Å². The van der Waals surface area contributed by atoms with Crippen LogP contribution in [0.5, 0.6) is 0 Å². The third-order valence-electron chi connectivity index (χ3n) is 4.65. The first-order chi connectivity index (χ1) is 11.6. The summed E-state index contributed by atoms with van der Waals surface area (Å²) in [5, 5.41) is 4.16. The number of aryl methyl sites for hydroxylation is 1. The van der Waals surface area contributed by atoms with E-state index in [2.05, 4.69) is 29.3 Å². The number of fused-ring (bicyclic) bond motifs is 1. The molecule has 1 aliphatic heterocycles. The molecule has 5 heteroatoms. The van der Waals surface area contributed by atoms with E-state index in [1.165, 1.54) is 5.56 Å². The van der Waals surface area contributed by atoms with Crippen LogP contribution in [0.4, 0.5) is 0 Å². The first kappa shape index (κ1) is 17.0. The third-order valence-corrected chi connectivity index (χ3v) is 4.65. The zero-order valence-electron chi connectivity index (χ0n) is 14.7. The predicted molar refractivity (Wildman–Crippen MR) is 94.1 cm³/mol.